The number of nitrogens with one attached hydrogen (secondary N) is 1. The Labute approximate surface area is 105 Å². The standard InChI is InChI=1S/C10H8BrN3OS/c11-7-5-12-10(13-6-7)14-9(15)4-8-2-1-3-16-8/h1-3,5-6H,4H2,(H,12,13,14,15). The van der Waals surface area contributed by atoms with Crippen LogP contribution in [0.4, 0.5) is 5.95 Å². The summed E-state index contributed by atoms with van der Waals surface area (Å²) in [7, 11) is 0. The van der Waals surface area contributed by atoms with Gasteiger partial charge in [0.15, 0.2) is 0 Å². The van der Waals surface area contributed by atoms with Gasteiger partial charge >= 0.3 is 0 Å². The van der Waals surface area contributed by atoms with Crippen LogP contribution in [0.1, 0.15) is 4.88 Å². The maximum absolute atomic E-state index is 11.6. The molecule has 1 amide bonds. The molecule has 2 aromatic heterocycles. The van der Waals surface area contributed by atoms with Gasteiger partial charge in [0.2, 0.25) is 11.9 Å². The highest BCUT2D eigenvalue weighted by molar-refractivity contribution is 9.10. The molecule has 82 valence electrons. The SMILES string of the molecule is O=C(Cc1cccs1)Nc1ncc(Br)cn1. The summed E-state index contributed by atoms with van der Waals surface area (Å²) in [6, 6.07) is 3.84. The number of nitrogens with zero attached hydrogens (tertiary/aromatic N) is 2. The van der Waals surface area contributed by atoms with Gasteiger partial charge in [0.05, 0.1) is 10.9 Å². The predicted octanol–water partition coefficient (Wildman–Crippen LogP) is 2.48. The third kappa shape index (κ3) is 3.11. The van der Waals surface area contributed by atoms with E-state index >= 15 is 0 Å². The molecule has 0 aliphatic heterocycles. The minimum Gasteiger partial charge on any atom is -0.294 e. The molecule has 0 saturated carbocycles. The number of thiophene rings is 1. The number of carbonyl (C=O) groups is 1. The first-order valence-corrected chi connectivity index (χ1v) is 6.21. The Hall–Kier alpha value is -1.27. The van der Waals surface area contributed by atoms with Crippen molar-refractivity contribution in [2.24, 2.45) is 0 Å². The molecule has 4 nitrogen and oxygen atoms in total. The van der Waals surface area contributed by atoms with Crippen molar-refractivity contribution in [3.63, 3.8) is 0 Å². The Balaban J connectivity index is 1.95. The molecule has 0 aliphatic rings. The molecule has 0 aliphatic carbocycles. The van der Waals surface area contributed by atoms with Gasteiger partial charge in [-0.05, 0) is 27.4 Å². The fourth-order valence-electron chi connectivity index (χ4n) is 1.12. The van der Waals surface area contributed by atoms with Crippen LogP contribution in [-0.4, -0.2) is 15.9 Å². The number of hydrogen-bond acceptors (Lipinski definition) is 4. The summed E-state index contributed by atoms with van der Waals surface area (Å²) >= 11 is 4.78. The van der Waals surface area contributed by atoms with Crippen molar-refractivity contribution in [3.8, 4) is 0 Å². The number of rotatable bonds is 3. The highest BCUT2D eigenvalue weighted by Gasteiger charge is 2.06. The minimum atomic E-state index is -0.107. The van der Waals surface area contributed by atoms with Gasteiger partial charge in [0.25, 0.3) is 0 Å². The summed E-state index contributed by atoms with van der Waals surface area (Å²) < 4.78 is 0.781. The van der Waals surface area contributed by atoms with Crippen molar-refractivity contribution in [1.29, 1.82) is 0 Å². The summed E-state index contributed by atoms with van der Waals surface area (Å²) in [6.45, 7) is 0. The number of halogens is 1. The smallest absolute Gasteiger partial charge is 0.231 e. The van der Waals surface area contributed by atoms with Gasteiger partial charge in [-0.25, -0.2) is 9.97 Å². The van der Waals surface area contributed by atoms with Crippen LogP contribution < -0.4 is 5.32 Å². The number of carbonyl (C=O) groups excluding carboxylic acids is 1. The Bertz CT molecular complexity index is 469. The summed E-state index contributed by atoms with van der Waals surface area (Å²) in [5.41, 5.74) is 0. The van der Waals surface area contributed by atoms with Crippen molar-refractivity contribution >= 4 is 39.1 Å². The third-order valence-corrected chi connectivity index (χ3v) is 3.07. The summed E-state index contributed by atoms with van der Waals surface area (Å²) in [4.78, 5) is 20.5. The summed E-state index contributed by atoms with van der Waals surface area (Å²) in [6.07, 6.45) is 3.54. The minimum absolute atomic E-state index is 0.107. The van der Waals surface area contributed by atoms with Gasteiger partial charge < -0.3 is 0 Å². The molecule has 0 saturated heterocycles. The fraction of sp³-hybridized carbons (Fsp3) is 0.100. The number of aromatic nitrogens is 2. The number of amides is 1. The van der Waals surface area contributed by atoms with Crippen molar-refractivity contribution in [3.05, 3.63) is 39.3 Å². The van der Waals surface area contributed by atoms with Crippen LogP contribution in [0, 0.1) is 0 Å². The van der Waals surface area contributed by atoms with Crippen LogP contribution in [0.5, 0.6) is 0 Å². The average Bonchev–Trinajstić information content (AvgIpc) is 2.74. The molecular weight excluding hydrogens is 290 g/mol. The molecule has 2 rings (SSSR count). The van der Waals surface area contributed by atoms with E-state index in [4.69, 9.17) is 0 Å². The largest absolute Gasteiger partial charge is 0.294 e. The van der Waals surface area contributed by atoms with Crippen LogP contribution in [0.3, 0.4) is 0 Å². The average molecular weight is 298 g/mol. The normalized spacial score (nSPS) is 10.1. The van der Waals surface area contributed by atoms with Crippen molar-refractivity contribution in [2.75, 3.05) is 5.32 Å². The van der Waals surface area contributed by atoms with E-state index in [1.807, 2.05) is 17.5 Å². The molecule has 0 spiro atoms. The lowest BCUT2D eigenvalue weighted by atomic mass is 10.3. The van der Waals surface area contributed by atoms with Crippen LogP contribution in [-0.2, 0) is 11.2 Å². The van der Waals surface area contributed by atoms with E-state index in [1.165, 1.54) is 0 Å². The molecule has 6 heteroatoms. The van der Waals surface area contributed by atoms with Gasteiger partial charge in [-0.1, -0.05) is 6.07 Å². The van der Waals surface area contributed by atoms with Crippen LogP contribution >= 0.6 is 27.3 Å². The molecular formula is C10H8BrN3OS. The summed E-state index contributed by atoms with van der Waals surface area (Å²) in [5, 5.41) is 4.58. The molecule has 0 radical (unpaired) electrons. The van der Waals surface area contributed by atoms with Gasteiger partial charge in [-0.2, -0.15) is 0 Å². The van der Waals surface area contributed by atoms with Gasteiger partial charge in [0, 0.05) is 17.3 Å². The second-order valence-electron chi connectivity index (χ2n) is 3.03. The molecule has 0 unspecified atom stereocenters. The molecule has 0 bridgehead atoms. The lowest BCUT2D eigenvalue weighted by Gasteiger charge is -2.01. The Morgan fingerprint density at radius 3 is 2.81 bits per heavy atom. The highest BCUT2D eigenvalue weighted by Crippen LogP contribution is 2.10. The third-order valence-electron chi connectivity index (χ3n) is 1.79. The molecule has 16 heavy (non-hydrogen) atoms. The van der Waals surface area contributed by atoms with E-state index in [0.717, 1.165) is 9.35 Å². The number of hydrogen-bond donors (Lipinski definition) is 1. The van der Waals surface area contributed by atoms with E-state index in [-0.39, 0.29) is 5.91 Å². The zero-order valence-electron chi connectivity index (χ0n) is 8.18. The van der Waals surface area contributed by atoms with Crippen molar-refractivity contribution < 1.29 is 4.79 Å². The van der Waals surface area contributed by atoms with Crippen LogP contribution in [0.25, 0.3) is 0 Å². The second kappa shape index (κ2) is 5.18. The van der Waals surface area contributed by atoms with E-state index in [9.17, 15) is 4.79 Å². The molecule has 0 fully saturated rings. The Morgan fingerprint density at radius 1 is 1.44 bits per heavy atom. The van der Waals surface area contributed by atoms with Crippen LogP contribution in [0.2, 0.25) is 0 Å². The molecule has 0 atom stereocenters. The zero-order valence-corrected chi connectivity index (χ0v) is 10.6. The van der Waals surface area contributed by atoms with Crippen molar-refractivity contribution in [1.82, 2.24) is 9.97 Å². The van der Waals surface area contributed by atoms with Gasteiger partial charge in [0.1, 0.15) is 0 Å². The predicted molar refractivity (Wildman–Crippen MR) is 66.4 cm³/mol. The zero-order chi connectivity index (χ0) is 11.4. The lowest BCUT2D eigenvalue weighted by Crippen LogP contribution is -2.15. The molecule has 2 aromatic rings. The topological polar surface area (TPSA) is 54.9 Å². The quantitative estimate of drug-likeness (QED) is 0.947. The van der Waals surface area contributed by atoms with Gasteiger partial charge in [-0.3, -0.25) is 10.1 Å². The first-order chi connectivity index (χ1) is 7.74. The Morgan fingerprint density at radius 2 is 2.19 bits per heavy atom. The summed E-state index contributed by atoms with van der Waals surface area (Å²) in [5.74, 6) is 0.217. The lowest BCUT2D eigenvalue weighted by molar-refractivity contribution is -0.115. The number of anilines is 1. The van der Waals surface area contributed by atoms with E-state index in [0.29, 0.717) is 12.4 Å². The monoisotopic (exact) mass is 297 g/mol. The van der Waals surface area contributed by atoms with Gasteiger partial charge in [-0.15, -0.1) is 11.3 Å². The highest BCUT2D eigenvalue weighted by atomic mass is 79.9. The fourth-order valence-corrected chi connectivity index (χ4v) is 2.03. The molecule has 0 aromatic carbocycles. The van der Waals surface area contributed by atoms with E-state index in [1.54, 1.807) is 23.7 Å². The first kappa shape index (κ1) is 11.2. The maximum Gasteiger partial charge on any atom is 0.231 e. The van der Waals surface area contributed by atoms with E-state index < -0.39 is 0 Å². The first-order valence-electron chi connectivity index (χ1n) is 4.54. The van der Waals surface area contributed by atoms with E-state index in [2.05, 4.69) is 31.2 Å². The van der Waals surface area contributed by atoms with Crippen LogP contribution in [0.15, 0.2) is 34.4 Å². The maximum atomic E-state index is 11.6. The Kier molecular flexibility index (Phi) is 3.63. The molecule has 2 heterocycles. The second-order valence-corrected chi connectivity index (χ2v) is 4.98. The van der Waals surface area contributed by atoms with Crippen molar-refractivity contribution in [2.45, 2.75) is 6.42 Å². The molecule has 1 N–H and O–H groups in total.